The van der Waals surface area contributed by atoms with E-state index in [2.05, 4.69) is 0 Å². The molecule has 0 bridgehead atoms. The molecule has 0 aromatic heterocycles. The predicted molar refractivity (Wildman–Crippen MR) is 99.2 cm³/mol. The van der Waals surface area contributed by atoms with E-state index in [4.69, 9.17) is 21.1 Å². The summed E-state index contributed by atoms with van der Waals surface area (Å²) in [5, 5.41) is 0.222. The van der Waals surface area contributed by atoms with Crippen molar-refractivity contribution in [2.24, 2.45) is 0 Å². The lowest BCUT2D eigenvalue weighted by Gasteiger charge is -2.30. The summed E-state index contributed by atoms with van der Waals surface area (Å²) in [6.45, 7) is 5.09. The Morgan fingerprint density at radius 3 is 2.44 bits per heavy atom. The fraction of sp³-hybridized carbons (Fsp3) is 0.471. The zero-order chi connectivity index (χ0) is 19.1. The van der Waals surface area contributed by atoms with Crippen molar-refractivity contribution in [2.75, 3.05) is 31.5 Å². The van der Waals surface area contributed by atoms with Gasteiger partial charge in [-0.25, -0.2) is 4.79 Å². The molecule has 1 amide bonds. The average Bonchev–Trinajstić information content (AvgIpc) is 2.59. The molecule has 8 heteroatoms. The van der Waals surface area contributed by atoms with Crippen molar-refractivity contribution >= 4 is 46.0 Å². The number of amides is 1. The number of benzene rings is 1. The van der Waals surface area contributed by atoms with Gasteiger partial charge in [-0.15, -0.1) is 0 Å². The minimum absolute atomic E-state index is 0.0836. The van der Waals surface area contributed by atoms with Crippen LogP contribution in [0.3, 0.4) is 0 Å². The fourth-order valence-electron chi connectivity index (χ4n) is 2.36. The molecule has 0 spiro atoms. The Bertz CT molecular complexity index is 665. The highest BCUT2D eigenvalue weighted by atomic mass is 35.5. The third kappa shape index (κ3) is 5.45. The first-order valence-electron chi connectivity index (χ1n) is 7.54. The normalized spacial score (nSPS) is 11.8. The number of carbonyl (C=O) groups excluding carboxylic acids is 3. The average molecular weight is 388 g/mol. The maximum Gasteiger partial charge on any atom is 0.328 e. The molecule has 0 saturated heterocycles. The first-order chi connectivity index (χ1) is 11.7. The summed E-state index contributed by atoms with van der Waals surface area (Å²) in [5.41, 5.74) is 2.02. The number of methoxy groups -OCH3 is 2. The fourth-order valence-corrected chi connectivity index (χ4v) is 3.14. The Kier molecular flexibility index (Phi) is 8.41. The number of halogens is 1. The summed E-state index contributed by atoms with van der Waals surface area (Å²) in [7, 11) is 2.67. The largest absolute Gasteiger partial charge is 0.467 e. The van der Waals surface area contributed by atoms with Crippen LogP contribution in [-0.4, -0.2) is 49.6 Å². The van der Waals surface area contributed by atoms with Crippen molar-refractivity contribution in [3.63, 3.8) is 0 Å². The van der Waals surface area contributed by atoms with Crippen LogP contribution in [-0.2, 0) is 23.9 Å². The second-order valence-electron chi connectivity index (χ2n) is 5.39. The number of rotatable bonds is 7. The van der Waals surface area contributed by atoms with Gasteiger partial charge in [0.15, 0.2) is 0 Å². The van der Waals surface area contributed by atoms with Crippen molar-refractivity contribution in [2.45, 2.75) is 26.8 Å². The molecule has 0 aliphatic carbocycles. The number of hydrogen-bond acceptors (Lipinski definition) is 6. The number of carbonyl (C=O) groups is 3. The van der Waals surface area contributed by atoms with E-state index in [1.54, 1.807) is 26.0 Å². The van der Waals surface area contributed by atoms with Gasteiger partial charge in [0.05, 0.1) is 18.6 Å². The summed E-state index contributed by atoms with van der Waals surface area (Å²) >= 11 is 7.04. The quantitative estimate of drug-likeness (QED) is 0.670. The van der Waals surface area contributed by atoms with Crippen LogP contribution in [0, 0.1) is 13.8 Å². The van der Waals surface area contributed by atoms with Crippen molar-refractivity contribution in [1.29, 1.82) is 0 Å². The van der Waals surface area contributed by atoms with Gasteiger partial charge in [-0.05, 0) is 38.0 Å². The Hall–Kier alpha value is -1.57. The van der Waals surface area contributed by atoms with Crippen LogP contribution < -0.4 is 4.90 Å². The van der Waals surface area contributed by atoms with Crippen molar-refractivity contribution < 1.29 is 23.9 Å². The zero-order valence-electron chi connectivity index (χ0n) is 14.9. The number of hydrogen-bond donors (Lipinski definition) is 0. The first kappa shape index (κ1) is 21.5. The van der Waals surface area contributed by atoms with E-state index in [-0.39, 0.29) is 23.4 Å². The topological polar surface area (TPSA) is 72.9 Å². The molecule has 25 heavy (non-hydrogen) atoms. The van der Waals surface area contributed by atoms with E-state index in [0.29, 0.717) is 16.3 Å². The van der Waals surface area contributed by atoms with Gasteiger partial charge in [-0.2, -0.15) is 0 Å². The highest BCUT2D eigenvalue weighted by molar-refractivity contribution is 8.14. The van der Waals surface area contributed by atoms with E-state index in [9.17, 15) is 14.4 Å². The number of aryl methyl sites for hydroxylation is 1. The molecule has 0 N–H and O–H groups in total. The van der Waals surface area contributed by atoms with Gasteiger partial charge in [0.2, 0.25) is 11.0 Å². The molecule has 0 fully saturated rings. The zero-order valence-corrected chi connectivity index (χ0v) is 16.5. The van der Waals surface area contributed by atoms with E-state index in [0.717, 1.165) is 17.3 Å². The lowest BCUT2D eigenvalue weighted by atomic mass is 10.1. The minimum Gasteiger partial charge on any atom is -0.467 e. The Morgan fingerprint density at radius 2 is 1.88 bits per heavy atom. The molecule has 0 saturated carbocycles. The van der Waals surface area contributed by atoms with Gasteiger partial charge in [0.25, 0.3) is 0 Å². The number of esters is 1. The molecule has 1 unspecified atom stereocenters. The second-order valence-corrected chi connectivity index (χ2v) is 6.83. The standard InChI is InChI=1S/C17H22ClNO5S/c1-10-6-7-13(18)11(2)16(10)19(12(3)17(22)24-5)14(20)9-25-15(21)8-23-4/h6-7,12H,8-9H2,1-5H3. The van der Waals surface area contributed by atoms with Gasteiger partial charge in [-0.1, -0.05) is 29.4 Å². The molecule has 0 heterocycles. The third-order valence-electron chi connectivity index (χ3n) is 3.62. The summed E-state index contributed by atoms with van der Waals surface area (Å²) in [5.74, 6) is -1.06. The molecule has 138 valence electrons. The summed E-state index contributed by atoms with van der Waals surface area (Å²) in [4.78, 5) is 37.8. The monoisotopic (exact) mass is 387 g/mol. The maximum absolute atomic E-state index is 12.8. The number of anilines is 1. The Balaban J connectivity index is 3.23. The van der Waals surface area contributed by atoms with Crippen LogP contribution in [0.15, 0.2) is 12.1 Å². The molecule has 1 rings (SSSR count). The Labute approximate surface area is 156 Å². The van der Waals surface area contributed by atoms with Gasteiger partial charge >= 0.3 is 5.97 Å². The van der Waals surface area contributed by atoms with Crippen LogP contribution in [0.25, 0.3) is 0 Å². The van der Waals surface area contributed by atoms with E-state index >= 15 is 0 Å². The third-order valence-corrected chi connectivity index (χ3v) is 4.87. The van der Waals surface area contributed by atoms with Gasteiger partial charge in [0, 0.05) is 12.1 Å². The predicted octanol–water partition coefficient (Wildman–Crippen LogP) is 2.76. The number of nitrogens with zero attached hydrogens (tertiary/aromatic N) is 1. The molecule has 6 nitrogen and oxygen atoms in total. The Morgan fingerprint density at radius 1 is 1.24 bits per heavy atom. The van der Waals surface area contributed by atoms with Crippen molar-refractivity contribution in [1.82, 2.24) is 0 Å². The van der Waals surface area contributed by atoms with Crippen molar-refractivity contribution in [3.05, 3.63) is 28.3 Å². The SMILES string of the molecule is COCC(=O)SCC(=O)N(c1c(C)ccc(Cl)c1C)C(C)C(=O)OC. The molecular formula is C17H22ClNO5S. The summed E-state index contributed by atoms with van der Waals surface area (Å²) < 4.78 is 9.53. The van der Waals surface area contributed by atoms with E-state index in [1.807, 2.05) is 6.92 Å². The van der Waals surface area contributed by atoms with E-state index in [1.165, 1.54) is 19.1 Å². The lowest BCUT2D eigenvalue weighted by molar-refractivity contribution is -0.142. The molecule has 0 aliphatic heterocycles. The van der Waals surface area contributed by atoms with Crippen LogP contribution in [0.2, 0.25) is 5.02 Å². The summed E-state index contributed by atoms with van der Waals surface area (Å²) in [6.07, 6.45) is 0. The molecule has 0 radical (unpaired) electrons. The number of thioether (sulfide) groups is 1. The molecule has 1 aromatic carbocycles. The first-order valence-corrected chi connectivity index (χ1v) is 8.91. The van der Waals surface area contributed by atoms with Crippen LogP contribution in [0.4, 0.5) is 5.69 Å². The minimum atomic E-state index is -0.855. The smallest absolute Gasteiger partial charge is 0.328 e. The maximum atomic E-state index is 12.8. The van der Waals surface area contributed by atoms with Crippen LogP contribution >= 0.6 is 23.4 Å². The molecular weight excluding hydrogens is 366 g/mol. The number of ether oxygens (including phenoxy) is 2. The van der Waals surface area contributed by atoms with Gasteiger partial charge in [-0.3, -0.25) is 14.5 Å². The van der Waals surface area contributed by atoms with Gasteiger partial charge < -0.3 is 9.47 Å². The second kappa shape index (κ2) is 9.79. The summed E-state index contributed by atoms with van der Waals surface area (Å²) in [6, 6.07) is 2.66. The van der Waals surface area contributed by atoms with Crippen molar-refractivity contribution in [3.8, 4) is 0 Å². The highest BCUT2D eigenvalue weighted by Gasteiger charge is 2.31. The molecule has 1 aromatic rings. The molecule has 1 atom stereocenters. The lowest BCUT2D eigenvalue weighted by Crippen LogP contribution is -2.46. The van der Waals surface area contributed by atoms with Crippen LogP contribution in [0.1, 0.15) is 18.1 Å². The van der Waals surface area contributed by atoms with Crippen LogP contribution in [0.5, 0.6) is 0 Å². The highest BCUT2D eigenvalue weighted by Crippen LogP contribution is 2.32. The van der Waals surface area contributed by atoms with E-state index < -0.39 is 12.0 Å². The van der Waals surface area contributed by atoms with Gasteiger partial charge in [0.1, 0.15) is 12.6 Å². The molecule has 0 aliphatic rings.